The molecule has 2 rings (SSSR count). The lowest BCUT2D eigenvalue weighted by molar-refractivity contribution is -0.118. The smallest absolute Gasteiger partial charge is 0.170 e. The van der Waals surface area contributed by atoms with Gasteiger partial charge in [-0.05, 0) is 36.1 Å². The lowest BCUT2D eigenvalue weighted by Gasteiger charge is -2.08. The molecule has 0 bridgehead atoms. The molecule has 0 aliphatic heterocycles. The van der Waals surface area contributed by atoms with Crippen LogP contribution in [-0.4, -0.2) is 18.2 Å². The standard InChI is InChI=1S/C23H28O3/c1-3-5-6-16-26-22-14-12-19(13-15-22)18-8-10-20(11-9-18)23(25)17-21(24)7-4-2/h8-15H,3-7,16-17H2,1-2H3. The third kappa shape index (κ3) is 6.14. The molecule has 0 aromatic heterocycles. The van der Waals surface area contributed by atoms with Crippen molar-refractivity contribution in [3.63, 3.8) is 0 Å². The summed E-state index contributed by atoms with van der Waals surface area (Å²) >= 11 is 0. The molecule has 0 unspecified atom stereocenters. The van der Waals surface area contributed by atoms with Gasteiger partial charge in [-0.15, -0.1) is 0 Å². The van der Waals surface area contributed by atoms with Crippen LogP contribution < -0.4 is 4.74 Å². The maximum absolute atomic E-state index is 12.1. The highest BCUT2D eigenvalue weighted by Gasteiger charge is 2.11. The first-order valence-corrected chi connectivity index (χ1v) is 9.52. The van der Waals surface area contributed by atoms with E-state index < -0.39 is 0 Å². The zero-order valence-electron chi connectivity index (χ0n) is 15.8. The Bertz CT molecular complexity index is 699. The van der Waals surface area contributed by atoms with Gasteiger partial charge >= 0.3 is 0 Å². The summed E-state index contributed by atoms with van der Waals surface area (Å²) in [5.74, 6) is 0.785. The summed E-state index contributed by atoms with van der Waals surface area (Å²) in [4.78, 5) is 23.8. The van der Waals surface area contributed by atoms with Gasteiger partial charge in [0, 0.05) is 12.0 Å². The highest BCUT2D eigenvalue weighted by molar-refractivity contribution is 6.08. The number of benzene rings is 2. The summed E-state index contributed by atoms with van der Waals surface area (Å²) in [7, 11) is 0. The molecule has 0 amide bonds. The largest absolute Gasteiger partial charge is 0.494 e. The highest BCUT2D eigenvalue weighted by Crippen LogP contribution is 2.23. The zero-order chi connectivity index (χ0) is 18.8. The Morgan fingerprint density at radius 3 is 2.00 bits per heavy atom. The molecule has 0 atom stereocenters. The first-order chi connectivity index (χ1) is 12.6. The van der Waals surface area contributed by atoms with Crippen LogP contribution in [0.15, 0.2) is 48.5 Å². The van der Waals surface area contributed by atoms with E-state index in [9.17, 15) is 9.59 Å². The molecule has 3 nitrogen and oxygen atoms in total. The number of ether oxygens (including phenoxy) is 1. The van der Waals surface area contributed by atoms with Gasteiger partial charge in [0.05, 0.1) is 13.0 Å². The molecule has 2 aromatic rings. The van der Waals surface area contributed by atoms with Crippen LogP contribution in [0.1, 0.15) is 62.7 Å². The van der Waals surface area contributed by atoms with E-state index in [1.807, 2.05) is 43.3 Å². The summed E-state index contributed by atoms with van der Waals surface area (Å²) in [6.45, 7) is 4.87. The highest BCUT2D eigenvalue weighted by atomic mass is 16.5. The SMILES string of the molecule is CCCCCOc1ccc(-c2ccc(C(=O)CC(=O)CCC)cc2)cc1. The van der Waals surface area contributed by atoms with E-state index >= 15 is 0 Å². The molecule has 0 fully saturated rings. The number of hydrogen-bond acceptors (Lipinski definition) is 3. The van der Waals surface area contributed by atoms with E-state index in [-0.39, 0.29) is 18.0 Å². The first kappa shape index (κ1) is 19.9. The van der Waals surface area contributed by atoms with Gasteiger partial charge in [0.25, 0.3) is 0 Å². The molecule has 0 N–H and O–H groups in total. The third-order valence-corrected chi connectivity index (χ3v) is 4.30. The number of carbonyl (C=O) groups is 2. The van der Waals surface area contributed by atoms with Crippen molar-refractivity contribution in [2.45, 2.75) is 52.4 Å². The minimum Gasteiger partial charge on any atom is -0.494 e. The normalized spacial score (nSPS) is 10.5. The van der Waals surface area contributed by atoms with Crippen molar-refractivity contribution in [3.05, 3.63) is 54.1 Å². The molecule has 0 saturated heterocycles. The van der Waals surface area contributed by atoms with Crippen LogP contribution in [0, 0.1) is 0 Å². The van der Waals surface area contributed by atoms with E-state index in [2.05, 4.69) is 6.92 Å². The summed E-state index contributed by atoms with van der Waals surface area (Å²) in [5, 5.41) is 0. The monoisotopic (exact) mass is 352 g/mol. The molecule has 0 radical (unpaired) electrons. The van der Waals surface area contributed by atoms with E-state index in [1.54, 1.807) is 12.1 Å². The number of rotatable bonds is 11. The van der Waals surface area contributed by atoms with Crippen LogP contribution in [-0.2, 0) is 4.79 Å². The van der Waals surface area contributed by atoms with Crippen LogP contribution in [0.25, 0.3) is 11.1 Å². The second-order valence-electron chi connectivity index (χ2n) is 6.55. The molecule has 26 heavy (non-hydrogen) atoms. The second kappa shape index (κ2) is 10.5. The van der Waals surface area contributed by atoms with E-state index in [0.717, 1.165) is 36.3 Å². The fraction of sp³-hybridized carbons (Fsp3) is 0.391. The lowest BCUT2D eigenvalue weighted by Crippen LogP contribution is -2.07. The molecule has 3 heteroatoms. The van der Waals surface area contributed by atoms with Crippen molar-refractivity contribution in [3.8, 4) is 16.9 Å². The molecule has 2 aromatic carbocycles. The van der Waals surface area contributed by atoms with Crippen molar-refractivity contribution in [1.82, 2.24) is 0 Å². The fourth-order valence-electron chi connectivity index (χ4n) is 2.78. The Morgan fingerprint density at radius 1 is 0.808 bits per heavy atom. The van der Waals surface area contributed by atoms with E-state index in [1.165, 1.54) is 12.8 Å². The molecule has 0 saturated carbocycles. The van der Waals surface area contributed by atoms with Crippen LogP contribution in [0.3, 0.4) is 0 Å². The van der Waals surface area contributed by atoms with Gasteiger partial charge in [-0.25, -0.2) is 0 Å². The van der Waals surface area contributed by atoms with Crippen molar-refractivity contribution in [2.75, 3.05) is 6.61 Å². The van der Waals surface area contributed by atoms with Crippen LogP contribution in [0.5, 0.6) is 5.75 Å². The molecule has 0 spiro atoms. The van der Waals surface area contributed by atoms with Gasteiger partial charge in [0.2, 0.25) is 0 Å². The number of carbonyl (C=O) groups excluding carboxylic acids is 2. The Kier molecular flexibility index (Phi) is 8.07. The van der Waals surface area contributed by atoms with Gasteiger partial charge in [0.1, 0.15) is 11.5 Å². The third-order valence-electron chi connectivity index (χ3n) is 4.30. The molecule has 0 heterocycles. The maximum atomic E-state index is 12.1. The van der Waals surface area contributed by atoms with Gasteiger partial charge in [-0.3, -0.25) is 9.59 Å². The molecular formula is C23H28O3. The predicted molar refractivity (Wildman–Crippen MR) is 106 cm³/mol. The van der Waals surface area contributed by atoms with Crippen molar-refractivity contribution in [1.29, 1.82) is 0 Å². The first-order valence-electron chi connectivity index (χ1n) is 9.52. The molecule has 0 aliphatic rings. The number of Topliss-reactive ketones (excluding diaryl/α,β-unsaturated/α-hetero) is 2. The fourth-order valence-corrected chi connectivity index (χ4v) is 2.78. The second-order valence-corrected chi connectivity index (χ2v) is 6.55. The Balaban J connectivity index is 1.95. The van der Waals surface area contributed by atoms with Crippen LogP contribution >= 0.6 is 0 Å². The van der Waals surface area contributed by atoms with Crippen LogP contribution in [0.4, 0.5) is 0 Å². The quantitative estimate of drug-likeness (QED) is 0.289. The summed E-state index contributed by atoms with van der Waals surface area (Å²) in [5.41, 5.74) is 2.71. The topological polar surface area (TPSA) is 43.4 Å². The summed E-state index contributed by atoms with van der Waals surface area (Å²) in [6, 6.07) is 15.4. The van der Waals surface area contributed by atoms with Crippen molar-refractivity contribution in [2.24, 2.45) is 0 Å². The predicted octanol–water partition coefficient (Wildman–Crippen LogP) is 5.86. The Hall–Kier alpha value is -2.42. The zero-order valence-corrected chi connectivity index (χ0v) is 15.8. The Labute approximate surface area is 156 Å². The number of unbranched alkanes of at least 4 members (excludes halogenated alkanes) is 2. The van der Waals surface area contributed by atoms with Gasteiger partial charge < -0.3 is 4.74 Å². The minimum atomic E-state index is -0.106. The lowest BCUT2D eigenvalue weighted by atomic mass is 10.00. The average molecular weight is 352 g/mol. The van der Waals surface area contributed by atoms with Crippen molar-refractivity contribution < 1.29 is 14.3 Å². The Morgan fingerprint density at radius 2 is 1.42 bits per heavy atom. The van der Waals surface area contributed by atoms with Gasteiger partial charge in [-0.1, -0.05) is 63.1 Å². The number of hydrogen-bond donors (Lipinski definition) is 0. The minimum absolute atomic E-state index is 0.00272. The molecular weight excluding hydrogens is 324 g/mol. The number of ketones is 2. The van der Waals surface area contributed by atoms with Gasteiger partial charge in [-0.2, -0.15) is 0 Å². The maximum Gasteiger partial charge on any atom is 0.170 e. The molecule has 138 valence electrons. The van der Waals surface area contributed by atoms with Crippen LogP contribution in [0.2, 0.25) is 0 Å². The van der Waals surface area contributed by atoms with Gasteiger partial charge in [0.15, 0.2) is 5.78 Å². The van der Waals surface area contributed by atoms with E-state index in [4.69, 9.17) is 4.74 Å². The summed E-state index contributed by atoms with van der Waals surface area (Å²) in [6.07, 6.45) is 4.70. The summed E-state index contributed by atoms with van der Waals surface area (Å²) < 4.78 is 5.73. The van der Waals surface area contributed by atoms with Crippen molar-refractivity contribution >= 4 is 11.6 Å². The average Bonchev–Trinajstić information content (AvgIpc) is 2.66. The van der Waals surface area contributed by atoms with E-state index in [0.29, 0.717) is 12.0 Å². The molecule has 0 aliphatic carbocycles.